The number of nitrogens with one attached hydrogen (secondary N) is 2. The normalized spacial score (nSPS) is 12.6. The molecule has 0 heterocycles. The van der Waals surface area contributed by atoms with E-state index in [4.69, 9.17) is 4.74 Å². The minimum absolute atomic E-state index is 0.00187. The number of rotatable bonds is 13. The van der Waals surface area contributed by atoms with Gasteiger partial charge >= 0.3 is 6.09 Å². The van der Waals surface area contributed by atoms with Gasteiger partial charge in [-0.05, 0) is 29.9 Å². The summed E-state index contributed by atoms with van der Waals surface area (Å²) in [4.78, 5) is 38.4. The maximum Gasteiger partial charge on any atom is 0.408 e. The third-order valence-corrected chi connectivity index (χ3v) is 5.57. The van der Waals surface area contributed by atoms with Gasteiger partial charge in [-0.3, -0.25) is 9.59 Å². The quantitative estimate of drug-likeness (QED) is 0.433. The lowest BCUT2D eigenvalue weighted by atomic mass is 9.87. The Morgan fingerprint density at radius 3 is 2.09 bits per heavy atom. The van der Waals surface area contributed by atoms with E-state index in [2.05, 4.69) is 17.6 Å². The van der Waals surface area contributed by atoms with Crippen molar-refractivity contribution in [2.75, 3.05) is 6.54 Å². The second kappa shape index (κ2) is 14.1. The first kappa shape index (κ1) is 26.1. The summed E-state index contributed by atoms with van der Waals surface area (Å²) in [7, 11) is 0. The highest BCUT2D eigenvalue weighted by Crippen LogP contribution is 2.18. The molecule has 0 radical (unpaired) electrons. The van der Waals surface area contributed by atoms with Crippen molar-refractivity contribution in [3.8, 4) is 0 Å². The van der Waals surface area contributed by atoms with E-state index in [9.17, 15) is 14.4 Å². The van der Waals surface area contributed by atoms with E-state index in [1.807, 2.05) is 74.5 Å². The van der Waals surface area contributed by atoms with Crippen LogP contribution in [0.2, 0.25) is 0 Å². The molecule has 0 aliphatic rings. The molecule has 0 aromatic heterocycles. The zero-order chi connectivity index (χ0) is 24.1. The summed E-state index contributed by atoms with van der Waals surface area (Å²) < 4.78 is 5.33. The minimum atomic E-state index is -0.777. The molecule has 2 aromatic rings. The van der Waals surface area contributed by atoms with Gasteiger partial charge < -0.3 is 15.4 Å². The summed E-state index contributed by atoms with van der Waals surface area (Å²) in [5.74, 6) is -0.746. The second-order valence-corrected chi connectivity index (χ2v) is 8.61. The number of ether oxygens (including phenoxy) is 1. The van der Waals surface area contributed by atoms with Gasteiger partial charge in [0.15, 0.2) is 5.78 Å². The molecule has 0 bridgehead atoms. The molecule has 178 valence electrons. The third-order valence-electron chi connectivity index (χ3n) is 5.57. The van der Waals surface area contributed by atoms with E-state index in [1.54, 1.807) is 0 Å². The van der Waals surface area contributed by atoms with Crippen LogP contribution in [-0.2, 0) is 27.4 Å². The average molecular weight is 453 g/mol. The lowest BCUT2D eigenvalue weighted by Gasteiger charge is -2.23. The van der Waals surface area contributed by atoms with Gasteiger partial charge in [0.2, 0.25) is 5.91 Å². The van der Waals surface area contributed by atoms with Crippen molar-refractivity contribution in [3.05, 3.63) is 71.8 Å². The Hall–Kier alpha value is -3.15. The van der Waals surface area contributed by atoms with E-state index in [-0.39, 0.29) is 30.6 Å². The van der Waals surface area contributed by atoms with Crippen molar-refractivity contribution in [2.24, 2.45) is 11.8 Å². The van der Waals surface area contributed by atoms with E-state index in [1.165, 1.54) is 0 Å². The highest BCUT2D eigenvalue weighted by atomic mass is 16.5. The lowest BCUT2D eigenvalue weighted by molar-refractivity contribution is -0.131. The van der Waals surface area contributed by atoms with Crippen LogP contribution in [0.1, 0.15) is 51.2 Å². The van der Waals surface area contributed by atoms with Crippen LogP contribution in [0.4, 0.5) is 4.79 Å². The second-order valence-electron chi connectivity index (χ2n) is 8.61. The first-order valence-electron chi connectivity index (χ1n) is 11.7. The van der Waals surface area contributed by atoms with Crippen LogP contribution in [-0.4, -0.2) is 30.4 Å². The van der Waals surface area contributed by atoms with Crippen LogP contribution >= 0.6 is 0 Å². The highest BCUT2D eigenvalue weighted by molar-refractivity contribution is 5.91. The summed E-state index contributed by atoms with van der Waals surface area (Å²) in [6.07, 6.45) is 1.63. The molecule has 2 aromatic carbocycles. The van der Waals surface area contributed by atoms with Gasteiger partial charge in [-0.15, -0.1) is 0 Å². The number of alkyl carbamates (subject to hydrolysis) is 1. The number of unbranched alkanes of at least 4 members (excludes halogenated alkanes) is 1. The molecule has 1 unspecified atom stereocenters. The number of amides is 2. The van der Waals surface area contributed by atoms with Crippen molar-refractivity contribution in [1.82, 2.24) is 10.6 Å². The zero-order valence-corrected chi connectivity index (χ0v) is 19.9. The molecule has 0 saturated carbocycles. The number of ketones is 1. The monoisotopic (exact) mass is 452 g/mol. The summed E-state index contributed by atoms with van der Waals surface area (Å²) in [5, 5.41) is 5.66. The molecule has 2 amide bonds. The molecule has 6 nitrogen and oxygen atoms in total. The molecule has 0 aliphatic carbocycles. The van der Waals surface area contributed by atoms with E-state index in [0.717, 1.165) is 24.0 Å². The number of benzene rings is 2. The summed E-state index contributed by atoms with van der Waals surface area (Å²) in [5.41, 5.74) is 1.79. The molecule has 0 spiro atoms. The van der Waals surface area contributed by atoms with Crippen LogP contribution in [0, 0.1) is 11.8 Å². The largest absolute Gasteiger partial charge is 0.445 e. The van der Waals surface area contributed by atoms with Crippen LogP contribution in [0.3, 0.4) is 0 Å². The van der Waals surface area contributed by atoms with Crippen LogP contribution in [0.15, 0.2) is 60.7 Å². The molecular formula is C27H36N2O4. The fraction of sp³-hybridized carbons (Fsp3) is 0.444. The lowest BCUT2D eigenvalue weighted by Crippen LogP contribution is -2.45. The van der Waals surface area contributed by atoms with Crippen LogP contribution in [0.5, 0.6) is 0 Å². The maximum absolute atomic E-state index is 13.3. The Balaban J connectivity index is 2.06. The fourth-order valence-corrected chi connectivity index (χ4v) is 3.51. The summed E-state index contributed by atoms with van der Waals surface area (Å²) in [6.45, 7) is 6.65. The SMILES string of the molecule is CCCCNC(=O)C(CC(=O)[C@H](Cc1ccccc1)NC(=O)OCc1ccccc1)C(C)C. The van der Waals surface area contributed by atoms with Gasteiger partial charge in [0.1, 0.15) is 6.61 Å². The third kappa shape index (κ3) is 9.48. The van der Waals surface area contributed by atoms with Gasteiger partial charge in [0.05, 0.1) is 6.04 Å². The number of hydrogen-bond acceptors (Lipinski definition) is 4. The summed E-state index contributed by atoms with van der Waals surface area (Å²) in [6, 6.07) is 18.1. The summed E-state index contributed by atoms with van der Waals surface area (Å²) >= 11 is 0. The molecule has 0 aliphatic heterocycles. The first-order valence-corrected chi connectivity index (χ1v) is 11.7. The van der Waals surface area contributed by atoms with Crippen molar-refractivity contribution in [3.63, 3.8) is 0 Å². The van der Waals surface area contributed by atoms with Crippen molar-refractivity contribution in [1.29, 1.82) is 0 Å². The molecule has 2 rings (SSSR count). The van der Waals surface area contributed by atoms with Crippen LogP contribution < -0.4 is 10.6 Å². The standard InChI is InChI=1S/C27H36N2O4/c1-4-5-16-28-26(31)23(20(2)3)18-25(30)24(17-21-12-8-6-9-13-21)29-27(32)33-19-22-14-10-7-11-15-22/h6-15,20,23-24H,4-5,16-19H2,1-3H3,(H,28,31)(H,29,32)/t23?,24-/m0/s1. The number of carbonyl (C=O) groups is 3. The topological polar surface area (TPSA) is 84.5 Å². The van der Waals surface area contributed by atoms with Gasteiger partial charge in [0, 0.05) is 18.9 Å². The van der Waals surface area contributed by atoms with E-state index >= 15 is 0 Å². The van der Waals surface area contributed by atoms with Crippen molar-refractivity contribution < 1.29 is 19.1 Å². The Morgan fingerprint density at radius 2 is 1.52 bits per heavy atom. The number of Topliss-reactive ketones (excluding diaryl/α,β-unsaturated/α-hetero) is 1. The van der Waals surface area contributed by atoms with Gasteiger partial charge in [-0.1, -0.05) is 87.9 Å². The molecule has 0 saturated heterocycles. The first-order chi connectivity index (χ1) is 15.9. The Kier molecular flexibility index (Phi) is 11.1. The Labute approximate surface area is 197 Å². The highest BCUT2D eigenvalue weighted by Gasteiger charge is 2.30. The molecule has 33 heavy (non-hydrogen) atoms. The predicted octanol–water partition coefficient (Wildman–Crippen LogP) is 4.67. The van der Waals surface area contributed by atoms with Gasteiger partial charge in [-0.2, -0.15) is 0 Å². The van der Waals surface area contributed by atoms with E-state index < -0.39 is 18.1 Å². The number of carbonyl (C=O) groups excluding carboxylic acids is 3. The van der Waals surface area contributed by atoms with Gasteiger partial charge in [-0.25, -0.2) is 4.79 Å². The zero-order valence-electron chi connectivity index (χ0n) is 19.9. The average Bonchev–Trinajstić information content (AvgIpc) is 2.82. The maximum atomic E-state index is 13.3. The smallest absolute Gasteiger partial charge is 0.408 e. The Morgan fingerprint density at radius 1 is 0.909 bits per heavy atom. The van der Waals surface area contributed by atoms with E-state index in [0.29, 0.717) is 13.0 Å². The van der Waals surface area contributed by atoms with Gasteiger partial charge in [0.25, 0.3) is 0 Å². The Bertz CT molecular complexity index is 868. The minimum Gasteiger partial charge on any atom is -0.445 e. The predicted molar refractivity (Wildman–Crippen MR) is 130 cm³/mol. The number of hydrogen-bond donors (Lipinski definition) is 2. The van der Waals surface area contributed by atoms with Crippen molar-refractivity contribution >= 4 is 17.8 Å². The molecule has 6 heteroatoms. The van der Waals surface area contributed by atoms with Crippen LogP contribution in [0.25, 0.3) is 0 Å². The molecule has 2 atom stereocenters. The molecule has 0 fully saturated rings. The fourth-order valence-electron chi connectivity index (χ4n) is 3.51. The van der Waals surface area contributed by atoms with Crippen molar-refractivity contribution in [2.45, 2.75) is 59.1 Å². The molecule has 2 N–H and O–H groups in total. The molecular weight excluding hydrogens is 416 g/mol.